The zero-order valence-corrected chi connectivity index (χ0v) is 9.42. The first-order valence-electron chi connectivity index (χ1n) is 4.83. The number of carboxylic acid groups (broad SMARTS) is 1. The molecule has 1 atom stereocenters. The van der Waals surface area contributed by atoms with Crippen molar-refractivity contribution in [1.29, 1.82) is 0 Å². The van der Waals surface area contributed by atoms with Gasteiger partial charge in [0.25, 0.3) is 0 Å². The molecule has 112 valence electrons. The average Bonchev–Trinajstić information content (AvgIpc) is 2.24. The summed E-state index contributed by atoms with van der Waals surface area (Å²) in [5.74, 6) is -3.45. The summed E-state index contributed by atoms with van der Waals surface area (Å²) in [6.07, 6.45) is -10.5. The van der Waals surface area contributed by atoms with Gasteiger partial charge in [0.2, 0.25) is 5.54 Å². The van der Waals surface area contributed by atoms with Gasteiger partial charge in [-0.05, 0) is 17.7 Å². The van der Waals surface area contributed by atoms with Crippen molar-refractivity contribution in [3.63, 3.8) is 0 Å². The largest absolute Gasteiger partial charge is 0.573 e. The quantitative estimate of drug-likeness (QED) is 0.841. The van der Waals surface area contributed by atoms with Crippen LogP contribution in [0.2, 0.25) is 0 Å². The fourth-order valence-corrected chi connectivity index (χ4v) is 1.35. The molecule has 0 radical (unpaired) electrons. The van der Waals surface area contributed by atoms with Crippen molar-refractivity contribution >= 4 is 5.97 Å². The second-order valence-electron chi connectivity index (χ2n) is 3.69. The van der Waals surface area contributed by atoms with Crippen molar-refractivity contribution < 1.29 is 41.0 Å². The lowest BCUT2D eigenvalue weighted by atomic mass is 9.90. The van der Waals surface area contributed by atoms with Crippen molar-refractivity contribution in [2.24, 2.45) is 5.73 Å². The summed E-state index contributed by atoms with van der Waals surface area (Å²) in [6, 6.07) is 2.41. The maximum atomic E-state index is 12.7. The standard InChI is InChI=1S/C10H7F6NO3/c11-9(12,13)8(17,7(18)19)5-2-1-3-6(4-5)20-10(14,15)16/h1-4H,17H2,(H,18,19). The fourth-order valence-electron chi connectivity index (χ4n) is 1.35. The zero-order chi connectivity index (χ0) is 15.8. The van der Waals surface area contributed by atoms with Gasteiger partial charge in [-0.1, -0.05) is 12.1 Å². The number of halogens is 6. The van der Waals surface area contributed by atoms with Crippen molar-refractivity contribution in [1.82, 2.24) is 0 Å². The van der Waals surface area contributed by atoms with Gasteiger partial charge in [0, 0.05) is 0 Å². The molecule has 0 heterocycles. The van der Waals surface area contributed by atoms with E-state index in [0.717, 1.165) is 12.1 Å². The fraction of sp³-hybridized carbons (Fsp3) is 0.300. The molecule has 0 bridgehead atoms. The average molecular weight is 303 g/mol. The number of carbonyl (C=O) groups is 1. The molecule has 10 heteroatoms. The van der Waals surface area contributed by atoms with E-state index in [9.17, 15) is 31.1 Å². The van der Waals surface area contributed by atoms with Crippen LogP contribution < -0.4 is 10.5 Å². The van der Waals surface area contributed by atoms with Crippen molar-refractivity contribution in [3.05, 3.63) is 29.8 Å². The summed E-state index contributed by atoms with van der Waals surface area (Å²) in [5, 5.41) is 8.64. The molecule has 1 aromatic rings. The smallest absolute Gasteiger partial charge is 0.479 e. The lowest BCUT2D eigenvalue weighted by Gasteiger charge is -2.28. The van der Waals surface area contributed by atoms with Crippen LogP contribution in [0.1, 0.15) is 5.56 Å². The first-order valence-corrected chi connectivity index (χ1v) is 4.83. The van der Waals surface area contributed by atoms with Gasteiger partial charge in [-0.2, -0.15) is 13.2 Å². The minimum Gasteiger partial charge on any atom is -0.479 e. The Hall–Kier alpha value is -1.97. The Morgan fingerprint density at radius 2 is 1.70 bits per heavy atom. The second-order valence-corrected chi connectivity index (χ2v) is 3.69. The topological polar surface area (TPSA) is 72.6 Å². The third kappa shape index (κ3) is 3.13. The predicted molar refractivity (Wildman–Crippen MR) is 52.7 cm³/mol. The number of alkyl halides is 6. The normalized spacial score (nSPS) is 15.6. The van der Waals surface area contributed by atoms with Gasteiger partial charge in [-0.3, -0.25) is 0 Å². The maximum absolute atomic E-state index is 12.7. The highest BCUT2D eigenvalue weighted by atomic mass is 19.4. The van der Waals surface area contributed by atoms with Crippen molar-refractivity contribution in [2.45, 2.75) is 18.1 Å². The summed E-state index contributed by atoms with van der Waals surface area (Å²) in [4.78, 5) is 10.8. The van der Waals surface area contributed by atoms with Crippen molar-refractivity contribution in [3.8, 4) is 5.75 Å². The Balaban J connectivity index is 3.31. The molecular weight excluding hydrogens is 296 g/mol. The Morgan fingerprint density at radius 3 is 2.10 bits per heavy atom. The number of nitrogens with two attached hydrogens (primary N) is 1. The van der Waals surface area contributed by atoms with Crippen LogP contribution in [0.15, 0.2) is 24.3 Å². The van der Waals surface area contributed by atoms with Gasteiger partial charge < -0.3 is 15.6 Å². The highest BCUT2D eigenvalue weighted by Gasteiger charge is 2.59. The molecule has 0 aliphatic heterocycles. The van der Waals surface area contributed by atoms with Crippen LogP contribution in [-0.2, 0) is 10.3 Å². The summed E-state index contributed by atoms with van der Waals surface area (Å²) in [7, 11) is 0. The molecule has 0 amide bonds. The number of rotatable bonds is 3. The van der Waals surface area contributed by atoms with E-state index in [1.807, 2.05) is 0 Å². The lowest BCUT2D eigenvalue weighted by Crippen LogP contribution is -2.56. The Labute approximate surface area is 107 Å². The summed E-state index contributed by atoms with van der Waals surface area (Å²) in [6.45, 7) is 0. The summed E-state index contributed by atoms with van der Waals surface area (Å²) >= 11 is 0. The molecule has 1 aromatic carbocycles. The molecule has 4 nitrogen and oxygen atoms in total. The second kappa shape index (κ2) is 4.85. The molecule has 0 aliphatic carbocycles. The van der Waals surface area contributed by atoms with E-state index >= 15 is 0 Å². The maximum Gasteiger partial charge on any atom is 0.573 e. The van der Waals surface area contributed by atoms with Crippen LogP contribution in [0.25, 0.3) is 0 Å². The van der Waals surface area contributed by atoms with E-state index in [0.29, 0.717) is 6.07 Å². The monoisotopic (exact) mass is 303 g/mol. The van der Waals surface area contributed by atoms with Gasteiger partial charge in [0.15, 0.2) is 0 Å². The molecule has 0 fully saturated rings. The van der Waals surface area contributed by atoms with Gasteiger partial charge in [0.1, 0.15) is 5.75 Å². The molecule has 20 heavy (non-hydrogen) atoms. The first kappa shape index (κ1) is 16.1. The van der Waals surface area contributed by atoms with Crippen molar-refractivity contribution in [2.75, 3.05) is 0 Å². The molecule has 0 aliphatic rings. The minimum atomic E-state index is -5.41. The van der Waals surface area contributed by atoms with E-state index in [-0.39, 0.29) is 6.07 Å². The third-order valence-corrected chi connectivity index (χ3v) is 2.31. The lowest BCUT2D eigenvalue weighted by molar-refractivity contribution is -0.274. The Bertz CT molecular complexity index is 512. The highest BCUT2D eigenvalue weighted by molar-refractivity contribution is 5.81. The molecule has 0 spiro atoms. The zero-order valence-electron chi connectivity index (χ0n) is 9.42. The van der Waals surface area contributed by atoms with E-state index in [1.165, 1.54) is 0 Å². The van der Waals surface area contributed by atoms with Crippen LogP contribution in [0.3, 0.4) is 0 Å². The predicted octanol–water partition coefficient (Wildman–Crippen LogP) is 2.39. The SMILES string of the molecule is NC(C(=O)O)(c1cccc(OC(F)(F)F)c1)C(F)(F)F. The molecular formula is C10H7F6NO3. The van der Waals surface area contributed by atoms with Gasteiger partial charge >= 0.3 is 18.5 Å². The summed E-state index contributed by atoms with van der Waals surface area (Å²) in [5.41, 5.74) is -0.109. The van der Waals surface area contributed by atoms with Crippen LogP contribution >= 0.6 is 0 Å². The van der Waals surface area contributed by atoms with Crippen LogP contribution in [-0.4, -0.2) is 23.6 Å². The van der Waals surface area contributed by atoms with E-state index in [4.69, 9.17) is 10.8 Å². The van der Waals surface area contributed by atoms with E-state index in [1.54, 1.807) is 0 Å². The van der Waals surface area contributed by atoms with Crippen LogP contribution in [0.5, 0.6) is 5.75 Å². The van der Waals surface area contributed by atoms with E-state index < -0.39 is 35.4 Å². The Kier molecular flexibility index (Phi) is 3.90. The molecule has 0 saturated heterocycles. The van der Waals surface area contributed by atoms with Crippen LogP contribution in [0, 0.1) is 0 Å². The number of benzene rings is 1. The number of hydrogen-bond acceptors (Lipinski definition) is 3. The number of carboxylic acids is 1. The molecule has 0 aromatic heterocycles. The van der Waals surface area contributed by atoms with Crippen LogP contribution in [0.4, 0.5) is 26.3 Å². The van der Waals surface area contributed by atoms with Gasteiger partial charge in [-0.25, -0.2) is 4.79 Å². The highest BCUT2D eigenvalue weighted by Crippen LogP contribution is 2.38. The number of hydrogen-bond donors (Lipinski definition) is 2. The minimum absolute atomic E-state index is 0.273. The Morgan fingerprint density at radius 1 is 1.15 bits per heavy atom. The first-order chi connectivity index (χ1) is 8.88. The molecule has 3 N–H and O–H groups in total. The molecule has 1 unspecified atom stereocenters. The number of ether oxygens (including phenoxy) is 1. The van der Waals surface area contributed by atoms with Gasteiger partial charge in [0.05, 0.1) is 0 Å². The summed E-state index contributed by atoms with van der Waals surface area (Å²) < 4.78 is 77.5. The van der Waals surface area contributed by atoms with E-state index in [2.05, 4.69) is 4.74 Å². The van der Waals surface area contributed by atoms with Gasteiger partial charge in [-0.15, -0.1) is 13.2 Å². The molecule has 1 rings (SSSR count). The third-order valence-electron chi connectivity index (χ3n) is 2.31. The number of aliphatic carboxylic acids is 1. The molecule has 0 saturated carbocycles.